The number of amides is 2. The number of nitrogens with one attached hydrogen (secondary N) is 2. The molecule has 1 atom stereocenters. The summed E-state index contributed by atoms with van der Waals surface area (Å²) in [7, 11) is 0. The third kappa shape index (κ3) is 5.53. The van der Waals surface area contributed by atoms with Gasteiger partial charge in [0, 0.05) is 17.7 Å². The average Bonchev–Trinajstić information content (AvgIpc) is 2.70. The molecule has 1 unspecified atom stereocenters. The van der Waals surface area contributed by atoms with Gasteiger partial charge < -0.3 is 4.74 Å². The lowest BCUT2D eigenvalue weighted by Gasteiger charge is -2.15. The molecule has 0 aliphatic carbocycles. The Morgan fingerprint density at radius 3 is 2.59 bits per heavy atom. The number of non-ortho nitro benzene ring substituents is 1. The van der Waals surface area contributed by atoms with Gasteiger partial charge in [0.2, 0.25) is 0 Å². The summed E-state index contributed by atoms with van der Waals surface area (Å²) in [4.78, 5) is 34.1. The number of ether oxygens (including phenoxy) is 1. The third-order valence-electron chi connectivity index (χ3n) is 4.06. The van der Waals surface area contributed by atoms with Crippen molar-refractivity contribution in [1.82, 2.24) is 10.9 Å². The first kappa shape index (κ1) is 19.9. The lowest BCUT2D eigenvalue weighted by atomic mass is 9.98. The fourth-order valence-corrected chi connectivity index (χ4v) is 2.38. The molecule has 142 valence electrons. The molecule has 8 heteroatoms. The SMILES string of the molecule is CCC(C)c1ccccc1OCC(=O)NNC(=O)c1cccc([N+](=O)[O-])c1. The van der Waals surface area contributed by atoms with E-state index in [0.29, 0.717) is 5.75 Å². The lowest BCUT2D eigenvalue weighted by molar-refractivity contribution is -0.384. The summed E-state index contributed by atoms with van der Waals surface area (Å²) < 4.78 is 5.56. The highest BCUT2D eigenvalue weighted by Gasteiger charge is 2.14. The summed E-state index contributed by atoms with van der Waals surface area (Å²) in [5.41, 5.74) is 5.30. The van der Waals surface area contributed by atoms with Crippen LogP contribution in [0.3, 0.4) is 0 Å². The van der Waals surface area contributed by atoms with Gasteiger partial charge in [0.25, 0.3) is 17.5 Å². The number of benzene rings is 2. The smallest absolute Gasteiger partial charge is 0.276 e. The van der Waals surface area contributed by atoms with E-state index in [9.17, 15) is 19.7 Å². The Morgan fingerprint density at radius 2 is 1.89 bits per heavy atom. The molecule has 2 aromatic carbocycles. The summed E-state index contributed by atoms with van der Waals surface area (Å²) in [5.74, 6) is -0.301. The Bertz CT molecular complexity index is 838. The largest absolute Gasteiger partial charge is 0.483 e. The molecule has 0 heterocycles. The first-order valence-electron chi connectivity index (χ1n) is 8.47. The minimum absolute atomic E-state index is 0.0625. The maximum Gasteiger partial charge on any atom is 0.276 e. The van der Waals surface area contributed by atoms with Gasteiger partial charge in [-0.05, 0) is 30.0 Å². The zero-order valence-corrected chi connectivity index (χ0v) is 15.1. The van der Waals surface area contributed by atoms with Crippen molar-refractivity contribution < 1.29 is 19.2 Å². The number of para-hydroxylation sites is 1. The fourth-order valence-electron chi connectivity index (χ4n) is 2.38. The Balaban J connectivity index is 1.89. The second-order valence-electron chi connectivity index (χ2n) is 5.95. The number of nitro groups is 1. The first-order chi connectivity index (χ1) is 12.9. The van der Waals surface area contributed by atoms with Crippen LogP contribution in [0, 0.1) is 10.1 Å². The van der Waals surface area contributed by atoms with Gasteiger partial charge >= 0.3 is 0 Å². The van der Waals surface area contributed by atoms with Crippen LogP contribution in [0.15, 0.2) is 48.5 Å². The molecule has 0 radical (unpaired) electrons. The van der Waals surface area contributed by atoms with Crippen molar-refractivity contribution in [1.29, 1.82) is 0 Å². The molecule has 2 rings (SSSR count). The van der Waals surface area contributed by atoms with Crippen molar-refractivity contribution >= 4 is 17.5 Å². The van der Waals surface area contributed by atoms with Crippen LogP contribution in [0.2, 0.25) is 0 Å². The Morgan fingerprint density at radius 1 is 1.15 bits per heavy atom. The van der Waals surface area contributed by atoms with Crippen LogP contribution in [0.25, 0.3) is 0 Å². The molecule has 0 aliphatic rings. The molecule has 8 nitrogen and oxygen atoms in total. The van der Waals surface area contributed by atoms with Crippen molar-refractivity contribution in [2.24, 2.45) is 0 Å². The summed E-state index contributed by atoms with van der Waals surface area (Å²) in [5, 5.41) is 10.7. The van der Waals surface area contributed by atoms with Crippen LogP contribution in [0.1, 0.15) is 42.1 Å². The van der Waals surface area contributed by atoms with E-state index in [-0.39, 0.29) is 23.8 Å². The molecule has 2 aromatic rings. The number of carbonyl (C=O) groups excluding carboxylic acids is 2. The van der Waals surface area contributed by atoms with Gasteiger partial charge in [-0.3, -0.25) is 30.6 Å². The molecular weight excluding hydrogens is 350 g/mol. The van der Waals surface area contributed by atoms with E-state index in [1.807, 2.05) is 18.2 Å². The van der Waals surface area contributed by atoms with Crippen LogP contribution in [-0.4, -0.2) is 23.3 Å². The predicted molar refractivity (Wildman–Crippen MR) is 99.3 cm³/mol. The van der Waals surface area contributed by atoms with Gasteiger partial charge in [0.1, 0.15) is 5.75 Å². The van der Waals surface area contributed by atoms with Gasteiger partial charge in [0.05, 0.1) is 4.92 Å². The topological polar surface area (TPSA) is 111 Å². The van der Waals surface area contributed by atoms with E-state index in [2.05, 4.69) is 24.7 Å². The van der Waals surface area contributed by atoms with E-state index >= 15 is 0 Å². The minimum atomic E-state index is -0.660. The van der Waals surface area contributed by atoms with Crippen LogP contribution in [0.5, 0.6) is 5.75 Å². The van der Waals surface area contributed by atoms with Crippen molar-refractivity contribution in [3.63, 3.8) is 0 Å². The molecule has 0 spiro atoms. The van der Waals surface area contributed by atoms with E-state index in [1.165, 1.54) is 18.2 Å². The van der Waals surface area contributed by atoms with E-state index in [1.54, 1.807) is 6.07 Å². The maximum absolute atomic E-state index is 12.0. The van der Waals surface area contributed by atoms with Crippen LogP contribution >= 0.6 is 0 Å². The zero-order valence-electron chi connectivity index (χ0n) is 15.1. The molecule has 0 saturated heterocycles. The molecular formula is C19H21N3O5. The number of rotatable bonds is 7. The molecule has 27 heavy (non-hydrogen) atoms. The Labute approximate surface area is 156 Å². The lowest BCUT2D eigenvalue weighted by Crippen LogP contribution is -2.43. The zero-order chi connectivity index (χ0) is 19.8. The molecule has 0 aliphatic heterocycles. The normalized spacial score (nSPS) is 11.3. The number of nitro benzene ring substituents is 1. The Hall–Kier alpha value is -3.42. The van der Waals surface area contributed by atoms with Crippen molar-refractivity contribution in [3.05, 3.63) is 69.8 Å². The summed E-state index contributed by atoms with van der Waals surface area (Å²) in [6.07, 6.45) is 0.936. The number of hydrogen-bond acceptors (Lipinski definition) is 5. The quantitative estimate of drug-likeness (QED) is 0.574. The highest BCUT2D eigenvalue weighted by atomic mass is 16.6. The highest BCUT2D eigenvalue weighted by molar-refractivity contribution is 5.96. The number of carbonyl (C=O) groups is 2. The van der Waals surface area contributed by atoms with Gasteiger partial charge in [-0.15, -0.1) is 0 Å². The summed E-state index contributed by atoms with van der Waals surface area (Å²) in [6.45, 7) is 3.86. The minimum Gasteiger partial charge on any atom is -0.483 e. The number of hydrogen-bond donors (Lipinski definition) is 2. The monoisotopic (exact) mass is 371 g/mol. The summed E-state index contributed by atoms with van der Waals surface area (Å²) in [6, 6.07) is 12.7. The molecule has 0 bridgehead atoms. The molecule has 2 amide bonds. The predicted octanol–water partition coefficient (Wildman–Crippen LogP) is 2.95. The molecule has 0 saturated carbocycles. The Kier molecular flexibility index (Phi) is 6.87. The van der Waals surface area contributed by atoms with Crippen molar-refractivity contribution in [2.75, 3.05) is 6.61 Å². The van der Waals surface area contributed by atoms with E-state index < -0.39 is 16.7 Å². The second-order valence-corrected chi connectivity index (χ2v) is 5.95. The number of hydrazine groups is 1. The average molecular weight is 371 g/mol. The number of nitrogens with zero attached hydrogens (tertiary/aromatic N) is 1. The van der Waals surface area contributed by atoms with Crippen LogP contribution in [-0.2, 0) is 4.79 Å². The first-order valence-corrected chi connectivity index (χ1v) is 8.47. The van der Waals surface area contributed by atoms with E-state index in [0.717, 1.165) is 18.1 Å². The molecule has 0 aromatic heterocycles. The maximum atomic E-state index is 12.0. The van der Waals surface area contributed by atoms with Gasteiger partial charge in [0.15, 0.2) is 6.61 Å². The standard InChI is InChI=1S/C19H21N3O5/c1-3-13(2)16-9-4-5-10-17(16)27-12-18(23)20-21-19(24)14-7-6-8-15(11-14)22(25)26/h4-11,13H,3,12H2,1-2H3,(H,20,23)(H,21,24). The summed E-state index contributed by atoms with van der Waals surface area (Å²) >= 11 is 0. The van der Waals surface area contributed by atoms with Crippen molar-refractivity contribution in [3.8, 4) is 5.75 Å². The molecule has 2 N–H and O–H groups in total. The van der Waals surface area contributed by atoms with Gasteiger partial charge in [-0.25, -0.2) is 0 Å². The van der Waals surface area contributed by atoms with Crippen LogP contribution < -0.4 is 15.6 Å². The third-order valence-corrected chi connectivity index (χ3v) is 4.06. The van der Waals surface area contributed by atoms with Gasteiger partial charge in [-0.1, -0.05) is 38.1 Å². The van der Waals surface area contributed by atoms with Crippen LogP contribution in [0.4, 0.5) is 5.69 Å². The second kappa shape index (κ2) is 9.33. The van der Waals surface area contributed by atoms with Gasteiger partial charge in [-0.2, -0.15) is 0 Å². The molecule has 0 fully saturated rings. The van der Waals surface area contributed by atoms with Crippen molar-refractivity contribution in [2.45, 2.75) is 26.2 Å². The highest BCUT2D eigenvalue weighted by Crippen LogP contribution is 2.28. The fraction of sp³-hybridized carbons (Fsp3) is 0.263. The van der Waals surface area contributed by atoms with E-state index in [4.69, 9.17) is 4.74 Å².